The van der Waals surface area contributed by atoms with Crippen molar-refractivity contribution in [1.82, 2.24) is 5.32 Å². The normalized spacial score (nSPS) is 23.0. The fourth-order valence-electron chi connectivity index (χ4n) is 1.94. The molecule has 2 unspecified atom stereocenters. The highest BCUT2D eigenvalue weighted by Gasteiger charge is 2.25. The van der Waals surface area contributed by atoms with E-state index in [9.17, 15) is 9.50 Å². The molecule has 0 aliphatic carbocycles. The molecule has 1 aliphatic rings. The van der Waals surface area contributed by atoms with Gasteiger partial charge in [0.15, 0.2) is 0 Å². The highest BCUT2D eigenvalue weighted by atomic mass is 35.5. The number of benzene rings is 1. The lowest BCUT2D eigenvalue weighted by atomic mass is 10.0. The van der Waals surface area contributed by atoms with Crippen LogP contribution in [0.3, 0.4) is 0 Å². The quantitative estimate of drug-likeness (QED) is 0.816. The molecule has 1 heterocycles. The van der Waals surface area contributed by atoms with Crippen molar-refractivity contribution in [1.29, 1.82) is 0 Å². The summed E-state index contributed by atoms with van der Waals surface area (Å²) < 4.78 is 13.0. The second-order valence-electron chi connectivity index (χ2n) is 3.81. The van der Waals surface area contributed by atoms with Crippen molar-refractivity contribution < 1.29 is 9.50 Å². The average Bonchev–Trinajstić information content (AvgIpc) is 2.74. The molecule has 0 saturated carbocycles. The van der Waals surface area contributed by atoms with E-state index in [0.29, 0.717) is 10.6 Å². The standard InChI is InChI=1S/C11H13ClFNO/c12-9-4-3-7(13)6-8(9)11(15)10-2-1-5-14-10/h3-4,6,10-11,14-15H,1-2,5H2. The summed E-state index contributed by atoms with van der Waals surface area (Å²) in [6, 6.07) is 4.06. The van der Waals surface area contributed by atoms with Gasteiger partial charge in [0.25, 0.3) is 0 Å². The van der Waals surface area contributed by atoms with Crippen LogP contribution in [0.1, 0.15) is 24.5 Å². The van der Waals surface area contributed by atoms with Crippen LogP contribution in [0, 0.1) is 5.82 Å². The van der Waals surface area contributed by atoms with E-state index in [4.69, 9.17) is 11.6 Å². The van der Waals surface area contributed by atoms with Gasteiger partial charge in [0.2, 0.25) is 0 Å². The van der Waals surface area contributed by atoms with Gasteiger partial charge in [0.05, 0.1) is 6.10 Å². The van der Waals surface area contributed by atoms with E-state index in [2.05, 4.69) is 5.32 Å². The fourth-order valence-corrected chi connectivity index (χ4v) is 2.17. The average molecular weight is 230 g/mol. The number of halogens is 2. The predicted molar refractivity (Wildman–Crippen MR) is 57.4 cm³/mol. The third-order valence-electron chi connectivity index (χ3n) is 2.76. The van der Waals surface area contributed by atoms with Crippen LogP contribution in [0.15, 0.2) is 18.2 Å². The van der Waals surface area contributed by atoms with Gasteiger partial charge in [-0.15, -0.1) is 0 Å². The van der Waals surface area contributed by atoms with Crippen molar-refractivity contribution >= 4 is 11.6 Å². The molecule has 4 heteroatoms. The van der Waals surface area contributed by atoms with Crippen molar-refractivity contribution in [2.24, 2.45) is 0 Å². The molecule has 1 saturated heterocycles. The molecule has 2 rings (SSSR count). The van der Waals surface area contributed by atoms with E-state index in [-0.39, 0.29) is 11.9 Å². The minimum atomic E-state index is -0.726. The summed E-state index contributed by atoms with van der Waals surface area (Å²) in [5.41, 5.74) is 0.469. The molecule has 2 nitrogen and oxygen atoms in total. The molecule has 0 spiro atoms. The second kappa shape index (κ2) is 4.47. The zero-order valence-corrected chi connectivity index (χ0v) is 8.97. The van der Waals surface area contributed by atoms with Crippen LogP contribution in [-0.4, -0.2) is 17.7 Å². The Hall–Kier alpha value is -0.640. The maximum absolute atomic E-state index is 13.0. The summed E-state index contributed by atoms with van der Waals surface area (Å²) in [6.45, 7) is 0.897. The Morgan fingerprint density at radius 1 is 1.53 bits per heavy atom. The third kappa shape index (κ3) is 2.30. The molecule has 0 bridgehead atoms. The molecular formula is C11H13ClFNO. The molecular weight excluding hydrogens is 217 g/mol. The van der Waals surface area contributed by atoms with E-state index in [1.165, 1.54) is 18.2 Å². The first-order valence-electron chi connectivity index (χ1n) is 5.05. The summed E-state index contributed by atoms with van der Waals surface area (Å²) in [5, 5.41) is 13.6. The van der Waals surface area contributed by atoms with Crippen molar-refractivity contribution in [2.45, 2.75) is 25.0 Å². The highest BCUT2D eigenvalue weighted by molar-refractivity contribution is 6.31. The van der Waals surface area contributed by atoms with Crippen LogP contribution in [0.25, 0.3) is 0 Å². The number of aliphatic hydroxyl groups excluding tert-OH is 1. The molecule has 15 heavy (non-hydrogen) atoms. The van der Waals surface area contributed by atoms with E-state index < -0.39 is 6.10 Å². The highest BCUT2D eigenvalue weighted by Crippen LogP contribution is 2.29. The van der Waals surface area contributed by atoms with E-state index in [0.717, 1.165) is 19.4 Å². The second-order valence-corrected chi connectivity index (χ2v) is 4.22. The predicted octanol–water partition coefficient (Wildman–Crippen LogP) is 2.26. The zero-order valence-electron chi connectivity index (χ0n) is 8.21. The van der Waals surface area contributed by atoms with Gasteiger partial charge >= 0.3 is 0 Å². The minimum absolute atomic E-state index is 0.00991. The first-order valence-corrected chi connectivity index (χ1v) is 5.42. The molecule has 0 radical (unpaired) electrons. The molecule has 1 aliphatic heterocycles. The maximum atomic E-state index is 13.0. The largest absolute Gasteiger partial charge is 0.387 e. The molecule has 1 aromatic carbocycles. The monoisotopic (exact) mass is 229 g/mol. The Bertz CT molecular complexity index is 352. The Morgan fingerprint density at radius 2 is 2.33 bits per heavy atom. The van der Waals surface area contributed by atoms with Gasteiger partial charge in [-0.2, -0.15) is 0 Å². The summed E-state index contributed by atoms with van der Waals surface area (Å²) in [4.78, 5) is 0. The molecule has 1 aromatic rings. The lowest BCUT2D eigenvalue weighted by molar-refractivity contribution is 0.137. The lowest BCUT2D eigenvalue weighted by Crippen LogP contribution is -2.28. The lowest BCUT2D eigenvalue weighted by Gasteiger charge is -2.19. The summed E-state index contributed by atoms with van der Waals surface area (Å²) >= 11 is 5.92. The summed E-state index contributed by atoms with van der Waals surface area (Å²) in [7, 11) is 0. The zero-order chi connectivity index (χ0) is 10.8. The number of aliphatic hydroxyl groups is 1. The molecule has 2 atom stereocenters. The van der Waals surface area contributed by atoms with E-state index in [1.54, 1.807) is 0 Å². The van der Waals surface area contributed by atoms with Gasteiger partial charge in [-0.25, -0.2) is 4.39 Å². The van der Waals surface area contributed by atoms with E-state index >= 15 is 0 Å². The number of hydrogen-bond acceptors (Lipinski definition) is 2. The van der Waals surface area contributed by atoms with Crippen molar-refractivity contribution in [3.05, 3.63) is 34.6 Å². The van der Waals surface area contributed by atoms with Gasteiger partial charge in [0.1, 0.15) is 5.82 Å². The summed E-state index contributed by atoms with van der Waals surface area (Å²) in [6.07, 6.45) is 1.21. The molecule has 82 valence electrons. The number of nitrogens with one attached hydrogen (secondary N) is 1. The van der Waals surface area contributed by atoms with Crippen LogP contribution in [-0.2, 0) is 0 Å². The Morgan fingerprint density at radius 3 is 3.00 bits per heavy atom. The van der Waals surface area contributed by atoms with E-state index in [1.807, 2.05) is 0 Å². The topological polar surface area (TPSA) is 32.3 Å². The van der Waals surface area contributed by atoms with Gasteiger partial charge in [-0.1, -0.05) is 11.6 Å². The van der Waals surface area contributed by atoms with Gasteiger partial charge in [-0.05, 0) is 37.6 Å². The number of rotatable bonds is 2. The smallest absolute Gasteiger partial charge is 0.123 e. The first kappa shape index (κ1) is 10.9. The van der Waals surface area contributed by atoms with Gasteiger partial charge in [-0.3, -0.25) is 0 Å². The fraction of sp³-hybridized carbons (Fsp3) is 0.455. The van der Waals surface area contributed by atoms with Crippen LogP contribution < -0.4 is 5.32 Å². The Kier molecular flexibility index (Phi) is 3.24. The van der Waals surface area contributed by atoms with Gasteiger partial charge in [0, 0.05) is 16.6 Å². The van der Waals surface area contributed by atoms with Crippen LogP contribution in [0.5, 0.6) is 0 Å². The molecule has 2 N–H and O–H groups in total. The van der Waals surface area contributed by atoms with Gasteiger partial charge < -0.3 is 10.4 Å². The first-order chi connectivity index (χ1) is 7.18. The summed E-state index contributed by atoms with van der Waals surface area (Å²) in [5.74, 6) is -0.369. The van der Waals surface area contributed by atoms with Crippen molar-refractivity contribution in [3.8, 4) is 0 Å². The van der Waals surface area contributed by atoms with Crippen LogP contribution in [0.4, 0.5) is 4.39 Å². The Balaban J connectivity index is 2.23. The third-order valence-corrected chi connectivity index (χ3v) is 3.10. The molecule has 0 amide bonds. The van der Waals surface area contributed by atoms with Crippen LogP contribution >= 0.6 is 11.6 Å². The molecule has 1 fully saturated rings. The van der Waals surface area contributed by atoms with Crippen molar-refractivity contribution in [2.75, 3.05) is 6.54 Å². The number of hydrogen-bond donors (Lipinski definition) is 2. The minimum Gasteiger partial charge on any atom is -0.387 e. The maximum Gasteiger partial charge on any atom is 0.123 e. The SMILES string of the molecule is OC(c1cc(F)ccc1Cl)C1CCCN1. The van der Waals surface area contributed by atoms with Crippen LogP contribution in [0.2, 0.25) is 5.02 Å². The molecule has 0 aromatic heterocycles. The Labute approximate surface area is 93.1 Å². The van der Waals surface area contributed by atoms with Crippen molar-refractivity contribution in [3.63, 3.8) is 0 Å².